The third kappa shape index (κ3) is 4.32. The summed E-state index contributed by atoms with van der Waals surface area (Å²) >= 11 is 0. The summed E-state index contributed by atoms with van der Waals surface area (Å²) in [6, 6.07) is 13.2. The second-order valence-electron chi connectivity index (χ2n) is 8.22. The highest BCUT2D eigenvalue weighted by atomic mass is 16.5. The summed E-state index contributed by atoms with van der Waals surface area (Å²) < 4.78 is 14.0. The minimum Gasteiger partial charge on any atom is -0.492 e. The lowest BCUT2D eigenvalue weighted by Gasteiger charge is -2.20. The summed E-state index contributed by atoms with van der Waals surface area (Å²) in [5.41, 5.74) is 2.29. The van der Waals surface area contributed by atoms with Crippen LogP contribution in [0.3, 0.4) is 0 Å². The van der Waals surface area contributed by atoms with Crippen LogP contribution in [0.15, 0.2) is 64.6 Å². The van der Waals surface area contributed by atoms with E-state index in [4.69, 9.17) is 9.15 Å². The van der Waals surface area contributed by atoms with Crippen LogP contribution in [0, 0.1) is 0 Å². The van der Waals surface area contributed by atoms with Gasteiger partial charge >= 0.3 is 0 Å². The molecule has 1 fully saturated rings. The standard InChI is InChI=1S/C24H27N5O3/c1-27-7-3-8-28(11-10-27)12-13-31-19-5-6-23-20(15-19)21(26-30)16-24(32-23)22-14-18-4-2-9-29(18)17-25-22/h2,4-6,9,14-17,30H,3,7-8,10-13H2,1H3. The fourth-order valence-electron chi connectivity index (χ4n) is 4.13. The van der Waals surface area contributed by atoms with Crippen molar-refractivity contribution >= 4 is 16.5 Å². The largest absolute Gasteiger partial charge is 0.492 e. The van der Waals surface area contributed by atoms with Crippen molar-refractivity contribution in [2.75, 3.05) is 46.4 Å². The van der Waals surface area contributed by atoms with E-state index in [9.17, 15) is 5.21 Å². The molecule has 0 aliphatic carbocycles. The number of hydrogen-bond acceptors (Lipinski definition) is 7. The van der Waals surface area contributed by atoms with Crippen LogP contribution in [0.2, 0.25) is 0 Å². The SMILES string of the molecule is CN1CCCN(CCOc2ccc3oc(-c4cc5cccn5cn4)cc(=NO)c3c2)CC1. The Kier molecular flexibility index (Phi) is 5.79. The number of likely N-dealkylation sites (N-methyl/N-ethyl adjacent to an activating group) is 1. The van der Waals surface area contributed by atoms with Crippen molar-refractivity contribution in [2.24, 2.45) is 5.16 Å². The molecule has 0 unspecified atom stereocenters. The van der Waals surface area contributed by atoms with Crippen LogP contribution in [0.4, 0.5) is 0 Å². The average Bonchev–Trinajstić information content (AvgIpc) is 3.19. The van der Waals surface area contributed by atoms with Gasteiger partial charge in [-0.3, -0.25) is 4.90 Å². The first-order valence-electron chi connectivity index (χ1n) is 10.9. The van der Waals surface area contributed by atoms with Crippen molar-refractivity contribution in [2.45, 2.75) is 6.42 Å². The third-order valence-corrected chi connectivity index (χ3v) is 5.98. The average molecular weight is 434 g/mol. The van der Waals surface area contributed by atoms with Gasteiger partial charge in [-0.2, -0.15) is 0 Å². The highest BCUT2D eigenvalue weighted by molar-refractivity contribution is 5.80. The Hall–Kier alpha value is -3.36. The molecule has 1 aliphatic rings. The molecule has 0 spiro atoms. The van der Waals surface area contributed by atoms with E-state index in [2.05, 4.69) is 27.0 Å². The molecule has 1 aliphatic heterocycles. The molecule has 0 atom stereocenters. The molecular formula is C24H27N5O3. The second-order valence-corrected chi connectivity index (χ2v) is 8.22. The lowest BCUT2D eigenvalue weighted by molar-refractivity contribution is 0.213. The van der Waals surface area contributed by atoms with Gasteiger partial charge in [-0.15, -0.1) is 0 Å². The molecule has 4 aromatic rings. The molecule has 32 heavy (non-hydrogen) atoms. The molecule has 1 saturated heterocycles. The van der Waals surface area contributed by atoms with E-state index in [1.165, 1.54) is 6.42 Å². The predicted molar refractivity (Wildman–Crippen MR) is 122 cm³/mol. The molecule has 3 aromatic heterocycles. The van der Waals surface area contributed by atoms with Gasteiger partial charge < -0.3 is 23.7 Å². The number of aromatic nitrogens is 2. The quantitative estimate of drug-likeness (QED) is 0.385. The number of hydrogen-bond donors (Lipinski definition) is 1. The zero-order valence-electron chi connectivity index (χ0n) is 18.1. The van der Waals surface area contributed by atoms with Crippen LogP contribution < -0.4 is 10.1 Å². The van der Waals surface area contributed by atoms with Crippen molar-refractivity contribution in [3.05, 3.63) is 60.3 Å². The number of rotatable bonds is 5. The number of benzene rings is 1. The van der Waals surface area contributed by atoms with Crippen LogP contribution in [0.5, 0.6) is 5.75 Å². The number of ether oxygens (including phenoxy) is 1. The Morgan fingerprint density at radius 3 is 2.97 bits per heavy atom. The van der Waals surface area contributed by atoms with E-state index in [0.29, 0.717) is 34.4 Å². The van der Waals surface area contributed by atoms with Crippen LogP contribution in [0.1, 0.15) is 6.42 Å². The van der Waals surface area contributed by atoms with Gasteiger partial charge in [-0.25, -0.2) is 4.98 Å². The Bertz CT molecular complexity index is 1300. The van der Waals surface area contributed by atoms with Crippen LogP contribution >= 0.6 is 0 Å². The van der Waals surface area contributed by atoms with Gasteiger partial charge in [-0.05, 0) is 63.0 Å². The lowest BCUT2D eigenvalue weighted by atomic mass is 10.2. The van der Waals surface area contributed by atoms with Crippen molar-refractivity contribution in [1.82, 2.24) is 19.2 Å². The molecule has 1 N–H and O–H groups in total. The van der Waals surface area contributed by atoms with Crippen molar-refractivity contribution in [3.63, 3.8) is 0 Å². The van der Waals surface area contributed by atoms with Gasteiger partial charge in [0, 0.05) is 37.4 Å². The molecule has 1 aromatic carbocycles. The summed E-state index contributed by atoms with van der Waals surface area (Å²) in [7, 11) is 2.17. The minimum absolute atomic E-state index is 0.416. The van der Waals surface area contributed by atoms with Crippen molar-refractivity contribution in [1.29, 1.82) is 0 Å². The number of nitrogens with zero attached hydrogens (tertiary/aromatic N) is 5. The zero-order chi connectivity index (χ0) is 21.9. The summed E-state index contributed by atoms with van der Waals surface area (Å²) in [5, 5.41) is 14.2. The van der Waals surface area contributed by atoms with Crippen LogP contribution in [0.25, 0.3) is 27.9 Å². The van der Waals surface area contributed by atoms with Crippen molar-refractivity contribution < 1.29 is 14.4 Å². The summed E-state index contributed by atoms with van der Waals surface area (Å²) in [6.45, 7) is 5.90. The second kappa shape index (κ2) is 9.02. The number of fused-ring (bicyclic) bond motifs is 2. The highest BCUT2D eigenvalue weighted by Gasteiger charge is 2.13. The van der Waals surface area contributed by atoms with Crippen molar-refractivity contribution in [3.8, 4) is 17.2 Å². The molecule has 166 valence electrons. The van der Waals surface area contributed by atoms with E-state index in [1.54, 1.807) is 12.4 Å². The van der Waals surface area contributed by atoms with E-state index in [1.807, 2.05) is 47.0 Å². The third-order valence-electron chi connectivity index (χ3n) is 5.98. The topological polar surface area (TPSA) is 78.7 Å². The minimum atomic E-state index is 0.416. The summed E-state index contributed by atoms with van der Waals surface area (Å²) in [5.74, 6) is 1.26. The van der Waals surface area contributed by atoms with E-state index in [-0.39, 0.29) is 0 Å². The highest BCUT2D eigenvalue weighted by Crippen LogP contribution is 2.24. The molecule has 0 radical (unpaired) electrons. The Balaban J connectivity index is 1.35. The lowest BCUT2D eigenvalue weighted by Crippen LogP contribution is -2.32. The van der Waals surface area contributed by atoms with Gasteiger partial charge in [0.15, 0.2) is 5.76 Å². The first-order chi connectivity index (χ1) is 15.7. The molecule has 4 heterocycles. The first kappa shape index (κ1) is 20.5. The van der Waals surface area contributed by atoms with E-state index in [0.717, 1.165) is 44.0 Å². The van der Waals surface area contributed by atoms with Gasteiger partial charge in [0.05, 0.1) is 11.7 Å². The maximum atomic E-state index is 9.64. The van der Waals surface area contributed by atoms with Gasteiger partial charge in [0.1, 0.15) is 29.0 Å². The van der Waals surface area contributed by atoms with Crippen LogP contribution in [-0.4, -0.2) is 70.8 Å². The van der Waals surface area contributed by atoms with E-state index < -0.39 is 0 Å². The molecule has 0 saturated carbocycles. The normalized spacial score (nSPS) is 16.6. The Morgan fingerprint density at radius 2 is 2.06 bits per heavy atom. The Labute approximate surface area is 186 Å². The molecule has 0 amide bonds. The van der Waals surface area contributed by atoms with E-state index >= 15 is 0 Å². The maximum absolute atomic E-state index is 9.64. The van der Waals surface area contributed by atoms with Crippen LogP contribution in [-0.2, 0) is 0 Å². The fraction of sp³-hybridized carbons (Fsp3) is 0.333. The zero-order valence-corrected chi connectivity index (χ0v) is 18.1. The Morgan fingerprint density at radius 1 is 1.12 bits per heavy atom. The molecule has 8 nitrogen and oxygen atoms in total. The smallest absolute Gasteiger partial charge is 0.155 e. The molecule has 8 heteroatoms. The van der Waals surface area contributed by atoms with Gasteiger partial charge in [0.2, 0.25) is 0 Å². The first-order valence-corrected chi connectivity index (χ1v) is 10.9. The van der Waals surface area contributed by atoms with Gasteiger partial charge in [0.25, 0.3) is 0 Å². The monoisotopic (exact) mass is 433 g/mol. The predicted octanol–water partition coefficient (Wildman–Crippen LogP) is 3.05. The summed E-state index contributed by atoms with van der Waals surface area (Å²) in [6.07, 6.45) is 4.86. The van der Waals surface area contributed by atoms with Gasteiger partial charge in [-0.1, -0.05) is 5.16 Å². The molecular weight excluding hydrogens is 406 g/mol. The molecule has 5 rings (SSSR count). The summed E-state index contributed by atoms with van der Waals surface area (Å²) in [4.78, 5) is 9.27. The molecule has 0 bridgehead atoms. The maximum Gasteiger partial charge on any atom is 0.155 e. The fourth-order valence-corrected chi connectivity index (χ4v) is 4.13.